The number of carbonyl (C=O) groups excluding carboxylic acids is 1. The summed E-state index contributed by atoms with van der Waals surface area (Å²) in [5.74, 6) is 0.320. The lowest BCUT2D eigenvalue weighted by Crippen LogP contribution is -2.23. The Labute approximate surface area is 180 Å². The van der Waals surface area contributed by atoms with E-state index < -0.39 is 15.9 Å². The molecule has 0 fully saturated rings. The number of nitrogens with one attached hydrogen (secondary N) is 1. The molecule has 0 unspecified atom stereocenters. The molecule has 0 saturated heterocycles. The molecule has 7 nitrogen and oxygen atoms in total. The fourth-order valence-corrected chi connectivity index (χ4v) is 4.44. The number of benzene rings is 2. The van der Waals surface area contributed by atoms with Gasteiger partial charge in [-0.1, -0.05) is 23.8 Å². The SMILES string of the molecule is Cc1ccc(OCc2nc(C(=O)Nc3ccc(C)c(S(=O)(=O)N(C)C)c3)cs2)cc1. The summed E-state index contributed by atoms with van der Waals surface area (Å²) < 4.78 is 31.8. The Bertz CT molecular complexity index is 1150. The molecular formula is C21H23N3O4S2. The van der Waals surface area contributed by atoms with Crippen LogP contribution in [0.25, 0.3) is 0 Å². The van der Waals surface area contributed by atoms with Gasteiger partial charge >= 0.3 is 0 Å². The van der Waals surface area contributed by atoms with E-state index in [1.165, 1.54) is 31.5 Å². The molecule has 1 N–H and O–H groups in total. The van der Waals surface area contributed by atoms with Crippen molar-refractivity contribution in [1.29, 1.82) is 0 Å². The van der Waals surface area contributed by atoms with Crippen LogP contribution in [-0.4, -0.2) is 37.7 Å². The molecule has 1 aromatic heterocycles. The van der Waals surface area contributed by atoms with Crippen LogP contribution in [0.15, 0.2) is 52.7 Å². The molecule has 0 bridgehead atoms. The molecule has 9 heteroatoms. The predicted octanol–water partition coefficient (Wildman–Crippen LogP) is 3.84. The van der Waals surface area contributed by atoms with Crippen LogP contribution in [0.2, 0.25) is 0 Å². The van der Waals surface area contributed by atoms with E-state index in [0.717, 1.165) is 15.6 Å². The number of aromatic nitrogens is 1. The molecule has 1 heterocycles. The maximum atomic E-state index is 12.6. The van der Waals surface area contributed by atoms with Crippen molar-refractivity contribution in [2.75, 3.05) is 19.4 Å². The number of nitrogens with zero attached hydrogens (tertiary/aromatic N) is 2. The summed E-state index contributed by atoms with van der Waals surface area (Å²) in [6, 6.07) is 12.5. The number of carbonyl (C=O) groups is 1. The van der Waals surface area contributed by atoms with Gasteiger partial charge in [-0.05, 0) is 43.7 Å². The Morgan fingerprint density at radius 1 is 1.13 bits per heavy atom. The van der Waals surface area contributed by atoms with Crippen molar-refractivity contribution in [3.05, 3.63) is 69.7 Å². The molecule has 0 saturated carbocycles. The van der Waals surface area contributed by atoms with E-state index in [4.69, 9.17) is 4.74 Å². The minimum absolute atomic E-state index is 0.149. The van der Waals surface area contributed by atoms with Crippen molar-refractivity contribution in [3.63, 3.8) is 0 Å². The molecule has 0 aliphatic carbocycles. The van der Waals surface area contributed by atoms with Gasteiger partial charge < -0.3 is 10.1 Å². The molecule has 2 aromatic carbocycles. The first-order valence-electron chi connectivity index (χ1n) is 9.15. The second kappa shape index (κ2) is 8.95. The van der Waals surface area contributed by atoms with Gasteiger partial charge in [0.1, 0.15) is 23.1 Å². The lowest BCUT2D eigenvalue weighted by atomic mass is 10.2. The normalized spacial score (nSPS) is 11.5. The minimum Gasteiger partial charge on any atom is -0.486 e. The average Bonchev–Trinajstić information content (AvgIpc) is 3.18. The summed E-state index contributed by atoms with van der Waals surface area (Å²) in [6.07, 6.45) is 0. The van der Waals surface area contributed by atoms with E-state index in [9.17, 15) is 13.2 Å². The maximum Gasteiger partial charge on any atom is 0.275 e. The average molecular weight is 446 g/mol. The molecule has 0 spiro atoms. The van der Waals surface area contributed by atoms with Gasteiger partial charge in [0.05, 0.1) is 4.90 Å². The predicted molar refractivity (Wildman–Crippen MR) is 118 cm³/mol. The van der Waals surface area contributed by atoms with E-state index in [1.807, 2.05) is 31.2 Å². The van der Waals surface area contributed by atoms with E-state index in [-0.39, 0.29) is 17.2 Å². The molecule has 0 radical (unpaired) electrons. The molecule has 0 aliphatic heterocycles. The number of sulfonamides is 1. The molecule has 0 atom stereocenters. The van der Waals surface area contributed by atoms with Gasteiger partial charge in [0.25, 0.3) is 5.91 Å². The van der Waals surface area contributed by atoms with Gasteiger partial charge in [0.15, 0.2) is 0 Å². The molecule has 1 amide bonds. The van der Waals surface area contributed by atoms with Gasteiger partial charge in [-0.3, -0.25) is 4.79 Å². The number of anilines is 1. The number of rotatable bonds is 7. The van der Waals surface area contributed by atoms with Crippen molar-refractivity contribution in [1.82, 2.24) is 9.29 Å². The maximum absolute atomic E-state index is 12.6. The first-order chi connectivity index (χ1) is 14.2. The van der Waals surface area contributed by atoms with Crippen LogP contribution in [0.4, 0.5) is 5.69 Å². The van der Waals surface area contributed by atoms with Crippen LogP contribution < -0.4 is 10.1 Å². The number of hydrogen-bond acceptors (Lipinski definition) is 6. The lowest BCUT2D eigenvalue weighted by Gasteiger charge is -2.15. The number of thiazole rings is 1. The molecular weight excluding hydrogens is 422 g/mol. The Kier molecular flexibility index (Phi) is 6.55. The second-order valence-corrected chi connectivity index (χ2v) is 10.0. The van der Waals surface area contributed by atoms with E-state index in [2.05, 4.69) is 10.3 Å². The standard InChI is InChI=1S/C21H23N3O4S2/c1-14-5-9-17(10-6-14)28-12-20-23-18(13-29-20)21(25)22-16-8-7-15(2)19(11-16)30(26,27)24(3)4/h5-11,13H,12H2,1-4H3,(H,22,25). The largest absolute Gasteiger partial charge is 0.486 e. The monoisotopic (exact) mass is 445 g/mol. The van der Waals surface area contributed by atoms with Crippen LogP contribution in [0.3, 0.4) is 0 Å². The van der Waals surface area contributed by atoms with Crippen molar-refractivity contribution in [2.24, 2.45) is 0 Å². The number of hydrogen-bond donors (Lipinski definition) is 1. The molecule has 0 aliphatic rings. The van der Waals surface area contributed by atoms with E-state index in [0.29, 0.717) is 16.3 Å². The number of amides is 1. The quantitative estimate of drug-likeness (QED) is 0.597. The van der Waals surface area contributed by atoms with Gasteiger partial charge in [0, 0.05) is 25.2 Å². The third-order valence-corrected chi connectivity index (χ3v) is 7.15. The van der Waals surface area contributed by atoms with Gasteiger partial charge in [-0.2, -0.15) is 0 Å². The van der Waals surface area contributed by atoms with Crippen molar-refractivity contribution < 1.29 is 17.9 Å². The smallest absolute Gasteiger partial charge is 0.275 e. The molecule has 158 valence electrons. The number of ether oxygens (including phenoxy) is 1. The highest BCUT2D eigenvalue weighted by Crippen LogP contribution is 2.23. The molecule has 3 rings (SSSR count). The Morgan fingerprint density at radius 2 is 1.83 bits per heavy atom. The fourth-order valence-electron chi connectivity index (χ4n) is 2.61. The summed E-state index contributed by atoms with van der Waals surface area (Å²) in [5, 5.41) is 5.03. The molecule has 3 aromatic rings. The minimum atomic E-state index is -3.61. The van der Waals surface area contributed by atoms with Crippen LogP contribution in [-0.2, 0) is 16.6 Å². The van der Waals surface area contributed by atoms with Gasteiger partial charge in [0.2, 0.25) is 10.0 Å². The van der Waals surface area contributed by atoms with Crippen LogP contribution in [0, 0.1) is 13.8 Å². The first-order valence-corrected chi connectivity index (χ1v) is 11.5. The zero-order valence-corrected chi connectivity index (χ0v) is 18.8. The zero-order chi connectivity index (χ0) is 21.9. The Hall–Kier alpha value is -2.75. The van der Waals surface area contributed by atoms with Gasteiger partial charge in [-0.15, -0.1) is 11.3 Å². The topological polar surface area (TPSA) is 88.6 Å². The summed E-state index contributed by atoms with van der Waals surface area (Å²) in [5.41, 5.74) is 2.38. The summed E-state index contributed by atoms with van der Waals surface area (Å²) >= 11 is 1.33. The summed E-state index contributed by atoms with van der Waals surface area (Å²) in [6.45, 7) is 3.97. The second-order valence-electron chi connectivity index (χ2n) is 6.95. The van der Waals surface area contributed by atoms with Crippen LogP contribution in [0.1, 0.15) is 26.6 Å². The van der Waals surface area contributed by atoms with Crippen LogP contribution >= 0.6 is 11.3 Å². The number of aryl methyl sites for hydroxylation is 2. The molecule has 30 heavy (non-hydrogen) atoms. The van der Waals surface area contributed by atoms with Crippen molar-refractivity contribution in [2.45, 2.75) is 25.3 Å². The first kappa shape index (κ1) is 21.9. The highest BCUT2D eigenvalue weighted by atomic mass is 32.2. The highest BCUT2D eigenvalue weighted by molar-refractivity contribution is 7.89. The zero-order valence-electron chi connectivity index (χ0n) is 17.2. The Balaban J connectivity index is 1.69. The van der Waals surface area contributed by atoms with Gasteiger partial charge in [-0.25, -0.2) is 17.7 Å². The summed E-state index contributed by atoms with van der Waals surface area (Å²) in [7, 11) is -0.675. The third-order valence-electron chi connectivity index (χ3n) is 4.37. The van der Waals surface area contributed by atoms with E-state index >= 15 is 0 Å². The van der Waals surface area contributed by atoms with Crippen molar-refractivity contribution >= 4 is 33.0 Å². The highest BCUT2D eigenvalue weighted by Gasteiger charge is 2.21. The Morgan fingerprint density at radius 3 is 2.50 bits per heavy atom. The summed E-state index contributed by atoms with van der Waals surface area (Å²) in [4.78, 5) is 17.0. The fraction of sp³-hybridized carbons (Fsp3) is 0.238. The third kappa shape index (κ3) is 5.05. The lowest BCUT2D eigenvalue weighted by molar-refractivity contribution is 0.102. The van der Waals surface area contributed by atoms with Crippen molar-refractivity contribution in [3.8, 4) is 5.75 Å². The van der Waals surface area contributed by atoms with Crippen LogP contribution in [0.5, 0.6) is 5.75 Å². The van der Waals surface area contributed by atoms with E-state index in [1.54, 1.807) is 24.4 Å².